The number of phenolic OH excluding ortho intramolecular Hbond substituents is 1. The predicted octanol–water partition coefficient (Wildman–Crippen LogP) is 1.24. The van der Waals surface area contributed by atoms with E-state index in [1.165, 1.54) is 0 Å². The van der Waals surface area contributed by atoms with Gasteiger partial charge in [-0.2, -0.15) is 0 Å². The first kappa shape index (κ1) is 12.6. The molecule has 1 aromatic heterocycles. The molecular formula is C15H18N4O2. The molecule has 4 rings (SSSR count). The zero-order valence-electron chi connectivity index (χ0n) is 11.6. The summed E-state index contributed by atoms with van der Waals surface area (Å²) in [5.41, 5.74) is 1.68. The molecule has 0 radical (unpaired) electrons. The summed E-state index contributed by atoms with van der Waals surface area (Å²) in [4.78, 5) is 20.1. The standard InChI is InChI=1S/C15H18N4O2/c20-11-4-3-10(15(21)17-9-5-6-16-7-9)12-13(11)19-14(18-12)8-1-2-8/h3-4,8-9,16,20H,1-2,5-7H2,(H,17,21)(H,18,19). The van der Waals surface area contributed by atoms with E-state index >= 15 is 0 Å². The van der Waals surface area contributed by atoms with Crippen LogP contribution in [0.2, 0.25) is 0 Å². The monoisotopic (exact) mass is 286 g/mol. The highest BCUT2D eigenvalue weighted by molar-refractivity contribution is 6.06. The molecule has 2 heterocycles. The van der Waals surface area contributed by atoms with Crippen LogP contribution in [-0.2, 0) is 0 Å². The summed E-state index contributed by atoms with van der Waals surface area (Å²) < 4.78 is 0. The van der Waals surface area contributed by atoms with Crippen molar-refractivity contribution in [1.29, 1.82) is 0 Å². The molecule has 1 amide bonds. The van der Waals surface area contributed by atoms with E-state index in [0.717, 1.165) is 38.2 Å². The molecule has 0 bridgehead atoms. The van der Waals surface area contributed by atoms with Crippen molar-refractivity contribution in [3.05, 3.63) is 23.5 Å². The van der Waals surface area contributed by atoms with E-state index in [-0.39, 0.29) is 17.7 Å². The third-order valence-corrected chi connectivity index (χ3v) is 4.25. The van der Waals surface area contributed by atoms with Crippen LogP contribution in [0.4, 0.5) is 0 Å². The Bertz CT molecular complexity index is 699. The zero-order valence-corrected chi connectivity index (χ0v) is 11.6. The minimum absolute atomic E-state index is 0.111. The maximum absolute atomic E-state index is 12.5. The number of phenols is 1. The molecule has 2 fully saturated rings. The van der Waals surface area contributed by atoms with Crippen molar-refractivity contribution in [2.75, 3.05) is 13.1 Å². The van der Waals surface area contributed by atoms with Gasteiger partial charge in [0.05, 0.1) is 11.1 Å². The number of H-pyrrole nitrogens is 1. The Kier molecular flexibility index (Phi) is 2.85. The molecule has 1 saturated carbocycles. The number of aromatic nitrogens is 2. The second kappa shape index (κ2) is 4.73. The van der Waals surface area contributed by atoms with E-state index in [9.17, 15) is 9.90 Å². The van der Waals surface area contributed by atoms with Crippen LogP contribution in [-0.4, -0.2) is 40.1 Å². The van der Waals surface area contributed by atoms with E-state index in [2.05, 4.69) is 20.6 Å². The van der Waals surface area contributed by atoms with Crippen molar-refractivity contribution < 1.29 is 9.90 Å². The van der Waals surface area contributed by atoms with Gasteiger partial charge in [-0.15, -0.1) is 0 Å². The average Bonchev–Trinajstić information content (AvgIpc) is 3.01. The highest BCUT2D eigenvalue weighted by atomic mass is 16.3. The van der Waals surface area contributed by atoms with Crippen LogP contribution in [0.1, 0.15) is 41.4 Å². The number of aromatic amines is 1. The van der Waals surface area contributed by atoms with Gasteiger partial charge in [-0.1, -0.05) is 0 Å². The Hall–Kier alpha value is -2.08. The molecule has 2 aromatic rings. The molecule has 1 aliphatic carbocycles. The van der Waals surface area contributed by atoms with Gasteiger partial charge < -0.3 is 20.7 Å². The molecule has 110 valence electrons. The predicted molar refractivity (Wildman–Crippen MR) is 78.5 cm³/mol. The molecule has 6 nitrogen and oxygen atoms in total. The lowest BCUT2D eigenvalue weighted by molar-refractivity contribution is 0.0941. The summed E-state index contributed by atoms with van der Waals surface area (Å²) >= 11 is 0. The van der Waals surface area contributed by atoms with Crippen molar-refractivity contribution in [3.8, 4) is 5.75 Å². The highest BCUT2D eigenvalue weighted by Crippen LogP contribution is 2.40. The minimum Gasteiger partial charge on any atom is -0.506 e. The highest BCUT2D eigenvalue weighted by Gasteiger charge is 2.28. The van der Waals surface area contributed by atoms with Crippen LogP contribution in [0.3, 0.4) is 0 Å². The molecule has 0 spiro atoms. The summed E-state index contributed by atoms with van der Waals surface area (Å²) in [6.07, 6.45) is 3.19. The van der Waals surface area contributed by atoms with E-state index < -0.39 is 0 Å². The fourth-order valence-corrected chi connectivity index (χ4v) is 2.88. The van der Waals surface area contributed by atoms with Crippen molar-refractivity contribution in [2.24, 2.45) is 0 Å². The molecule has 1 aliphatic heterocycles. The van der Waals surface area contributed by atoms with Crippen LogP contribution in [0.5, 0.6) is 5.75 Å². The lowest BCUT2D eigenvalue weighted by atomic mass is 10.1. The van der Waals surface area contributed by atoms with Crippen LogP contribution >= 0.6 is 0 Å². The number of fused-ring (bicyclic) bond motifs is 1. The summed E-state index contributed by atoms with van der Waals surface area (Å²) in [6, 6.07) is 3.37. The SMILES string of the molecule is O=C(NC1CCNC1)c1ccc(O)c2nc(C3CC3)[nH]c12. The number of rotatable bonds is 3. The fourth-order valence-electron chi connectivity index (χ4n) is 2.88. The Morgan fingerprint density at radius 3 is 2.90 bits per heavy atom. The normalized spacial score (nSPS) is 21.8. The summed E-state index contributed by atoms with van der Waals surface area (Å²) in [7, 11) is 0. The van der Waals surface area contributed by atoms with Crippen LogP contribution < -0.4 is 10.6 Å². The number of carbonyl (C=O) groups excluding carboxylic acids is 1. The number of amides is 1. The number of hydrogen-bond acceptors (Lipinski definition) is 4. The maximum Gasteiger partial charge on any atom is 0.253 e. The van der Waals surface area contributed by atoms with Gasteiger partial charge in [0.25, 0.3) is 5.91 Å². The Morgan fingerprint density at radius 2 is 2.19 bits per heavy atom. The second-order valence-electron chi connectivity index (χ2n) is 5.92. The molecule has 2 aliphatic rings. The number of carbonyl (C=O) groups is 1. The van der Waals surface area contributed by atoms with Gasteiger partial charge in [0, 0.05) is 18.5 Å². The number of aromatic hydroxyl groups is 1. The van der Waals surface area contributed by atoms with Crippen molar-refractivity contribution in [1.82, 2.24) is 20.6 Å². The van der Waals surface area contributed by atoms with Gasteiger partial charge in [0.1, 0.15) is 17.1 Å². The zero-order chi connectivity index (χ0) is 14.4. The molecule has 1 saturated heterocycles. The number of nitrogens with zero attached hydrogens (tertiary/aromatic N) is 1. The van der Waals surface area contributed by atoms with Crippen LogP contribution in [0.25, 0.3) is 11.0 Å². The first-order chi connectivity index (χ1) is 10.2. The van der Waals surface area contributed by atoms with Gasteiger partial charge in [0.15, 0.2) is 0 Å². The summed E-state index contributed by atoms with van der Waals surface area (Å²) in [5, 5.41) is 16.2. The Balaban J connectivity index is 1.70. The molecule has 21 heavy (non-hydrogen) atoms. The van der Waals surface area contributed by atoms with E-state index in [4.69, 9.17) is 0 Å². The largest absolute Gasteiger partial charge is 0.506 e. The Morgan fingerprint density at radius 1 is 1.33 bits per heavy atom. The molecule has 1 atom stereocenters. The molecule has 1 aromatic carbocycles. The van der Waals surface area contributed by atoms with Gasteiger partial charge in [-0.25, -0.2) is 4.98 Å². The molecular weight excluding hydrogens is 268 g/mol. The summed E-state index contributed by atoms with van der Waals surface area (Å²) in [5.74, 6) is 1.33. The quantitative estimate of drug-likeness (QED) is 0.683. The van der Waals surface area contributed by atoms with E-state index in [0.29, 0.717) is 22.5 Å². The van der Waals surface area contributed by atoms with E-state index in [1.54, 1.807) is 12.1 Å². The lowest BCUT2D eigenvalue weighted by Crippen LogP contribution is -2.36. The van der Waals surface area contributed by atoms with E-state index in [1.807, 2.05) is 0 Å². The van der Waals surface area contributed by atoms with Crippen LogP contribution in [0.15, 0.2) is 12.1 Å². The van der Waals surface area contributed by atoms with Crippen molar-refractivity contribution in [2.45, 2.75) is 31.2 Å². The number of imidazole rings is 1. The molecule has 1 unspecified atom stereocenters. The third-order valence-electron chi connectivity index (χ3n) is 4.25. The number of nitrogens with one attached hydrogen (secondary N) is 3. The van der Waals surface area contributed by atoms with Crippen LogP contribution in [0, 0.1) is 0 Å². The van der Waals surface area contributed by atoms with Crippen molar-refractivity contribution >= 4 is 16.9 Å². The molecule has 6 heteroatoms. The Labute approximate surface area is 122 Å². The number of benzene rings is 1. The average molecular weight is 286 g/mol. The van der Waals surface area contributed by atoms with Gasteiger partial charge in [-0.3, -0.25) is 4.79 Å². The maximum atomic E-state index is 12.5. The van der Waals surface area contributed by atoms with Gasteiger partial charge in [-0.05, 0) is 37.9 Å². The van der Waals surface area contributed by atoms with Gasteiger partial charge >= 0.3 is 0 Å². The lowest BCUT2D eigenvalue weighted by Gasteiger charge is -2.11. The fraction of sp³-hybridized carbons (Fsp3) is 0.467. The number of hydrogen-bond donors (Lipinski definition) is 4. The second-order valence-corrected chi connectivity index (χ2v) is 5.92. The third kappa shape index (κ3) is 2.25. The smallest absolute Gasteiger partial charge is 0.253 e. The van der Waals surface area contributed by atoms with Crippen molar-refractivity contribution in [3.63, 3.8) is 0 Å². The van der Waals surface area contributed by atoms with Gasteiger partial charge in [0.2, 0.25) is 0 Å². The molecule has 4 N–H and O–H groups in total. The minimum atomic E-state index is -0.111. The summed E-state index contributed by atoms with van der Waals surface area (Å²) in [6.45, 7) is 1.75. The topological polar surface area (TPSA) is 90.0 Å². The first-order valence-electron chi connectivity index (χ1n) is 7.45. The first-order valence-corrected chi connectivity index (χ1v) is 7.45.